The van der Waals surface area contributed by atoms with Crippen LogP contribution in [0.15, 0.2) is 12.3 Å². The van der Waals surface area contributed by atoms with Gasteiger partial charge in [0.05, 0.1) is 0 Å². The molecule has 11 heavy (non-hydrogen) atoms. The highest BCUT2D eigenvalue weighted by molar-refractivity contribution is 8.93. The van der Waals surface area contributed by atoms with Gasteiger partial charge in [-0.15, -0.1) is 17.0 Å². The summed E-state index contributed by atoms with van der Waals surface area (Å²) in [5.41, 5.74) is 0. The van der Waals surface area contributed by atoms with Crippen LogP contribution in [0.2, 0.25) is 0 Å². The van der Waals surface area contributed by atoms with Crippen LogP contribution in [0.1, 0.15) is 19.8 Å². The first-order valence-electron chi connectivity index (χ1n) is 3.99. The Morgan fingerprint density at radius 2 is 2.18 bits per heavy atom. The molecular weight excluding hydrogens is 204 g/mol. The van der Waals surface area contributed by atoms with Gasteiger partial charge in [0.15, 0.2) is 0 Å². The Kier molecular flexibility index (Phi) is 5.60. The molecule has 0 radical (unpaired) electrons. The van der Waals surface area contributed by atoms with Gasteiger partial charge in [0.25, 0.3) is 0 Å². The van der Waals surface area contributed by atoms with E-state index in [4.69, 9.17) is 0 Å². The normalized spacial score (nSPS) is 17.1. The van der Waals surface area contributed by atoms with Crippen LogP contribution < -0.4 is 0 Å². The number of hydrazine groups is 1. The van der Waals surface area contributed by atoms with Crippen LogP contribution in [0.3, 0.4) is 0 Å². The van der Waals surface area contributed by atoms with E-state index >= 15 is 0 Å². The van der Waals surface area contributed by atoms with Crippen LogP contribution in [-0.2, 0) is 0 Å². The first-order valence-corrected chi connectivity index (χ1v) is 3.99. The van der Waals surface area contributed by atoms with Gasteiger partial charge in [0.2, 0.25) is 0 Å². The van der Waals surface area contributed by atoms with Crippen molar-refractivity contribution >= 4 is 17.0 Å². The molecule has 2 nitrogen and oxygen atoms in total. The summed E-state index contributed by atoms with van der Waals surface area (Å²) in [6.07, 6.45) is 6.89. The van der Waals surface area contributed by atoms with Crippen molar-refractivity contribution in [3.63, 3.8) is 0 Å². The van der Waals surface area contributed by atoms with Crippen LogP contribution in [0.25, 0.3) is 0 Å². The molecule has 1 aliphatic heterocycles. The number of hydrogen-bond acceptors (Lipinski definition) is 2. The fourth-order valence-corrected chi connectivity index (χ4v) is 1.13. The van der Waals surface area contributed by atoms with Crippen LogP contribution in [0.4, 0.5) is 0 Å². The number of rotatable bonds is 3. The van der Waals surface area contributed by atoms with E-state index in [0.717, 1.165) is 6.54 Å². The van der Waals surface area contributed by atoms with Gasteiger partial charge in [0, 0.05) is 26.3 Å². The number of nitrogens with zero attached hydrogens (tertiary/aromatic N) is 2. The number of halogens is 1. The lowest BCUT2D eigenvalue weighted by atomic mass is 10.3. The third-order valence-corrected chi connectivity index (χ3v) is 1.85. The Bertz CT molecular complexity index is 125. The summed E-state index contributed by atoms with van der Waals surface area (Å²) in [4.78, 5) is 0. The summed E-state index contributed by atoms with van der Waals surface area (Å²) < 4.78 is 0. The van der Waals surface area contributed by atoms with Crippen molar-refractivity contribution in [3.8, 4) is 0 Å². The Hall–Kier alpha value is -0.0200. The van der Waals surface area contributed by atoms with Gasteiger partial charge in [-0.05, 0) is 6.42 Å². The van der Waals surface area contributed by atoms with Crippen molar-refractivity contribution in [2.45, 2.75) is 19.8 Å². The Labute approximate surface area is 79.6 Å². The standard InChI is InChI=1S/C8H16N2.BrH/c1-3-4-7-10-8-5-6-9(10)2;/h5-6H,3-4,7-8H2,1-2H3;1H. The minimum absolute atomic E-state index is 0. The zero-order valence-corrected chi connectivity index (χ0v) is 9.00. The summed E-state index contributed by atoms with van der Waals surface area (Å²) in [5, 5.41) is 4.50. The molecule has 66 valence electrons. The van der Waals surface area contributed by atoms with Crippen molar-refractivity contribution in [3.05, 3.63) is 12.3 Å². The van der Waals surface area contributed by atoms with Crippen molar-refractivity contribution in [1.29, 1.82) is 0 Å². The number of unbranched alkanes of at least 4 members (excludes halogenated alkanes) is 1. The maximum absolute atomic E-state index is 2.34. The van der Waals surface area contributed by atoms with E-state index < -0.39 is 0 Å². The van der Waals surface area contributed by atoms with E-state index in [-0.39, 0.29) is 17.0 Å². The van der Waals surface area contributed by atoms with E-state index in [1.54, 1.807) is 0 Å². The second-order valence-corrected chi connectivity index (χ2v) is 2.72. The summed E-state index contributed by atoms with van der Waals surface area (Å²) in [5.74, 6) is 0. The molecule has 0 aliphatic carbocycles. The molecule has 1 heterocycles. The quantitative estimate of drug-likeness (QED) is 0.719. The largest absolute Gasteiger partial charge is 0.316 e. The van der Waals surface area contributed by atoms with Gasteiger partial charge in [-0.3, -0.25) is 0 Å². The minimum Gasteiger partial charge on any atom is -0.316 e. The number of hydrogen-bond donors (Lipinski definition) is 0. The van der Waals surface area contributed by atoms with E-state index in [9.17, 15) is 0 Å². The van der Waals surface area contributed by atoms with E-state index in [1.165, 1.54) is 19.4 Å². The molecule has 0 aromatic carbocycles. The van der Waals surface area contributed by atoms with E-state index in [2.05, 4.69) is 36.3 Å². The second-order valence-electron chi connectivity index (χ2n) is 2.72. The van der Waals surface area contributed by atoms with Gasteiger partial charge in [0.1, 0.15) is 0 Å². The zero-order chi connectivity index (χ0) is 7.40. The van der Waals surface area contributed by atoms with E-state index in [0.29, 0.717) is 0 Å². The molecule has 0 unspecified atom stereocenters. The molecule has 1 aliphatic rings. The van der Waals surface area contributed by atoms with Crippen LogP contribution >= 0.6 is 17.0 Å². The smallest absolute Gasteiger partial charge is 0.0378 e. The second kappa shape index (κ2) is 5.61. The predicted octanol–water partition coefficient (Wildman–Crippen LogP) is 2.04. The molecule has 3 heteroatoms. The fourth-order valence-electron chi connectivity index (χ4n) is 1.13. The van der Waals surface area contributed by atoms with Gasteiger partial charge in [-0.1, -0.05) is 19.4 Å². The summed E-state index contributed by atoms with van der Waals surface area (Å²) in [7, 11) is 2.10. The molecule has 0 aromatic rings. The SMILES string of the molecule is Br.CCCCN1CC=CN1C. The molecule has 0 aromatic heterocycles. The molecule has 0 fully saturated rings. The highest BCUT2D eigenvalue weighted by atomic mass is 79.9. The highest BCUT2D eigenvalue weighted by Crippen LogP contribution is 2.05. The van der Waals surface area contributed by atoms with Crippen molar-refractivity contribution in [2.24, 2.45) is 0 Å². The molecular formula is C8H17BrN2. The van der Waals surface area contributed by atoms with Crippen LogP contribution in [0.5, 0.6) is 0 Å². The lowest BCUT2D eigenvalue weighted by molar-refractivity contribution is 0.0786. The summed E-state index contributed by atoms with van der Waals surface area (Å²) in [6.45, 7) is 4.51. The van der Waals surface area contributed by atoms with Crippen molar-refractivity contribution in [2.75, 3.05) is 20.1 Å². The predicted molar refractivity (Wildman–Crippen MR) is 53.7 cm³/mol. The van der Waals surface area contributed by atoms with Gasteiger partial charge in [-0.25, -0.2) is 5.01 Å². The zero-order valence-electron chi connectivity index (χ0n) is 7.29. The molecule has 1 rings (SSSR count). The third-order valence-electron chi connectivity index (χ3n) is 1.85. The van der Waals surface area contributed by atoms with Crippen LogP contribution in [0, 0.1) is 0 Å². The summed E-state index contributed by atoms with van der Waals surface area (Å²) >= 11 is 0. The average Bonchev–Trinajstić information content (AvgIpc) is 2.31. The molecule has 0 bridgehead atoms. The molecule has 0 spiro atoms. The molecule has 0 saturated heterocycles. The lowest BCUT2D eigenvalue weighted by Gasteiger charge is -2.24. The van der Waals surface area contributed by atoms with Gasteiger partial charge in [-0.2, -0.15) is 0 Å². The Morgan fingerprint density at radius 3 is 2.64 bits per heavy atom. The molecule has 0 saturated carbocycles. The summed E-state index contributed by atoms with van der Waals surface area (Å²) in [6, 6.07) is 0. The van der Waals surface area contributed by atoms with Gasteiger partial charge >= 0.3 is 0 Å². The minimum atomic E-state index is 0. The first-order chi connectivity index (χ1) is 4.84. The fraction of sp³-hybridized carbons (Fsp3) is 0.750. The Morgan fingerprint density at radius 1 is 1.45 bits per heavy atom. The topological polar surface area (TPSA) is 6.48 Å². The molecule has 0 amide bonds. The van der Waals surface area contributed by atoms with Crippen LogP contribution in [-0.4, -0.2) is 30.2 Å². The third kappa shape index (κ3) is 3.25. The lowest BCUT2D eigenvalue weighted by Crippen LogP contribution is -2.32. The Balaban J connectivity index is 0.000001000. The van der Waals surface area contributed by atoms with Crippen molar-refractivity contribution < 1.29 is 0 Å². The molecule has 0 N–H and O–H groups in total. The monoisotopic (exact) mass is 220 g/mol. The highest BCUT2D eigenvalue weighted by Gasteiger charge is 2.09. The average molecular weight is 221 g/mol. The maximum atomic E-state index is 2.34. The van der Waals surface area contributed by atoms with E-state index in [1.807, 2.05) is 0 Å². The van der Waals surface area contributed by atoms with Gasteiger partial charge < -0.3 is 5.01 Å². The maximum Gasteiger partial charge on any atom is 0.0378 e. The molecule has 0 atom stereocenters. The van der Waals surface area contributed by atoms with Crippen molar-refractivity contribution in [1.82, 2.24) is 10.0 Å². The first kappa shape index (κ1) is 11.0.